The molecule has 3 heteroatoms. The summed E-state index contributed by atoms with van der Waals surface area (Å²) < 4.78 is 1.67. The van der Waals surface area contributed by atoms with Gasteiger partial charge in [-0.2, -0.15) is 0 Å². The summed E-state index contributed by atoms with van der Waals surface area (Å²) in [5.41, 5.74) is 1.56. The maximum atomic E-state index is 2.73. The molecule has 0 radical (unpaired) electrons. The molecule has 0 N–H and O–H groups in total. The van der Waals surface area contributed by atoms with Crippen LogP contribution < -0.4 is 3.58 Å². The number of hydrogen-bond acceptors (Lipinski definition) is 1. The van der Waals surface area contributed by atoms with Gasteiger partial charge in [0.1, 0.15) is 0 Å². The first-order chi connectivity index (χ1) is 7.49. The molecule has 0 aromatic heterocycles. The van der Waals surface area contributed by atoms with Crippen LogP contribution in [0.5, 0.6) is 0 Å². The Morgan fingerprint density at radius 3 is 2.19 bits per heavy atom. The van der Waals surface area contributed by atoms with E-state index in [-0.39, 0.29) is 0 Å². The number of nitrogens with zero attached hydrogens (tertiary/aromatic N) is 1. The minimum absolute atomic E-state index is 1.12. The molecule has 1 nitrogen and oxygen atoms in total. The molecular weight excluding hydrogens is 416 g/mol. The van der Waals surface area contributed by atoms with Gasteiger partial charge in [-0.15, -0.1) is 0 Å². The summed E-state index contributed by atoms with van der Waals surface area (Å²) in [6.45, 7) is 7.88. The van der Waals surface area contributed by atoms with Crippen LogP contribution in [0.2, 0.25) is 9.88 Å². The Kier molecular flexibility index (Phi) is 6.08. The van der Waals surface area contributed by atoms with E-state index >= 15 is 0 Å². The Bertz CT molecular complexity index is 329. The van der Waals surface area contributed by atoms with Crippen LogP contribution in [0, 0.1) is 0 Å². The van der Waals surface area contributed by atoms with Gasteiger partial charge in [0, 0.05) is 0 Å². The Balaban J connectivity index is 2.95. The molecule has 0 saturated heterocycles. The topological polar surface area (TPSA) is 3.24 Å². The average Bonchev–Trinajstić information content (AvgIpc) is 2.25. The van der Waals surface area contributed by atoms with Crippen LogP contribution in [0.15, 0.2) is 24.3 Å². The van der Waals surface area contributed by atoms with Crippen molar-refractivity contribution in [2.24, 2.45) is 0 Å². The zero-order chi connectivity index (χ0) is 12.2. The average molecular weight is 438 g/mol. The molecule has 0 amide bonds. The minimum atomic E-state index is -1.96. The van der Waals surface area contributed by atoms with Crippen LogP contribution in [0.25, 0.3) is 0 Å². The standard InChI is InChI=1S/C11H16N.2CH3.HI.Sn/c1-3-12(4-2)10-11-8-6-5-7-9-11;;;;/h5-8H,3-4,10H2,1-2H3;2*1H3;1H;/q;;;;+1/p-1. The fourth-order valence-electron chi connectivity index (χ4n) is 1.93. The van der Waals surface area contributed by atoms with E-state index in [1.807, 2.05) is 0 Å². The molecule has 0 atom stereocenters. The van der Waals surface area contributed by atoms with Gasteiger partial charge in [-0.25, -0.2) is 0 Å². The van der Waals surface area contributed by atoms with Crippen LogP contribution in [0.1, 0.15) is 19.4 Å². The van der Waals surface area contributed by atoms with Crippen molar-refractivity contribution in [3.05, 3.63) is 29.8 Å². The van der Waals surface area contributed by atoms with Crippen LogP contribution in [-0.4, -0.2) is 32.4 Å². The Hall–Kier alpha value is 0.709. The number of hydrogen-bond donors (Lipinski definition) is 0. The van der Waals surface area contributed by atoms with Gasteiger partial charge in [-0.05, 0) is 0 Å². The summed E-state index contributed by atoms with van der Waals surface area (Å²) >= 11 is 0.768. The van der Waals surface area contributed by atoms with Gasteiger partial charge in [0.25, 0.3) is 0 Å². The van der Waals surface area contributed by atoms with Crippen LogP contribution in [-0.2, 0) is 6.54 Å². The maximum absolute atomic E-state index is 2.73. The van der Waals surface area contributed by atoms with Gasteiger partial charge in [-0.3, -0.25) is 0 Å². The Morgan fingerprint density at radius 2 is 1.69 bits per heavy atom. The summed E-state index contributed by atoms with van der Waals surface area (Å²) in [6.07, 6.45) is 0. The van der Waals surface area contributed by atoms with Crippen molar-refractivity contribution in [1.29, 1.82) is 0 Å². The van der Waals surface area contributed by atoms with Crippen molar-refractivity contribution in [3.63, 3.8) is 0 Å². The third kappa shape index (κ3) is 4.18. The van der Waals surface area contributed by atoms with E-state index in [2.05, 4.69) is 71.5 Å². The monoisotopic (exact) mass is 439 g/mol. The number of rotatable bonds is 5. The van der Waals surface area contributed by atoms with Crippen molar-refractivity contribution in [2.75, 3.05) is 13.1 Å². The van der Waals surface area contributed by atoms with Gasteiger partial charge in [-0.1, -0.05) is 0 Å². The van der Waals surface area contributed by atoms with E-state index in [9.17, 15) is 0 Å². The first kappa shape index (κ1) is 14.8. The molecule has 0 aliphatic heterocycles. The molecular formula is C13H22INSn. The second-order valence-corrected chi connectivity index (χ2v) is 32.6. The van der Waals surface area contributed by atoms with E-state index in [0.717, 1.165) is 19.6 Å². The second kappa shape index (κ2) is 6.59. The van der Waals surface area contributed by atoms with Gasteiger partial charge in [0.15, 0.2) is 0 Å². The zero-order valence-electron chi connectivity index (χ0n) is 10.8. The molecule has 0 aliphatic rings. The van der Waals surface area contributed by atoms with Crippen molar-refractivity contribution in [2.45, 2.75) is 30.3 Å². The van der Waals surface area contributed by atoms with E-state index in [1.54, 1.807) is 9.14 Å². The third-order valence-corrected chi connectivity index (χ3v) is 11.9. The second-order valence-electron chi connectivity index (χ2n) is 4.59. The molecule has 1 rings (SSSR count). The molecule has 90 valence electrons. The first-order valence-electron chi connectivity index (χ1n) is 5.98. The third-order valence-electron chi connectivity index (χ3n) is 2.95. The SMILES string of the molecule is CCN(CC)Cc1cccc[c]1[Sn]([CH3])([CH3])[I]. The molecule has 0 unspecified atom stereocenters. The summed E-state index contributed by atoms with van der Waals surface area (Å²) in [7, 11) is 0. The summed E-state index contributed by atoms with van der Waals surface area (Å²) in [6, 6.07) is 9.03. The molecule has 0 spiro atoms. The van der Waals surface area contributed by atoms with E-state index < -0.39 is 14.4 Å². The fourth-order valence-corrected chi connectivity index (χ4v) is 9.50. The first-order valence-corrected chi connectivity index (χ1v) is 21.4. The Labute approximate surface area is 114 Å². The van der Waals surface area contributed by atoms with E-state index in [0.29, 0.717) is 0 Å². The van der Waals surface area contributed by atoms with Gasteiger partial charge >= 0.3 is 115 Å². The summed E-state index contributed by atoms with van der Waals surface area (Å²) in [4.78, 5) is 7.46. The van der Waals surface area contributed by atoms with E-state index in [1.165, 1.54) is 0 Å². The molecule has 0 saturated carbocycles. The molecule has 0 heterocycles. The molecule has 1 aromatic carbocycles. The molecule has 16 heavy (non-hydrogen) atoms. The Morgan fingerprint density at radius 1 is 1.12 bits per heavy atom. The molecule has 1 aromatic rings. The van der Waals surface area contributed by atoms with Crippen LogP contribution in [0.4, 0.5) is 0 Å². The summed E-state index contributed by atoms with van der Waals surface area (Å²) in [5.74, 6) is 0. The summed E-state index contributed by atoms with van der Waals surface area (Å²) in [5, 5.41) is 0. The van der Waals surface area contributed by atoms with Crippen LogP contribution >= 0.6 is 18.6 Å². The zero-order valence-corrected chi connectivity index (χ0v) is 15.8. The van der Waals surface area contributed by atoms with Gasteiger partial charge < -0.3 is 0 Å². The molecule has 0 aliphatic carbocycles. The number of halogens is 1. The van der Waals surface area contributed by atoms with E-state index in [4.69, 9.17) is 0 Å². The fraction of sp³-hybridized carbons (Fsp3) is 0.538. The normalized spacial score (nSPS) is 12.1. The predicted molar refractivity (Wildman–Crippen MR) is 84.2 cm³/mol. The number of benzene rings is 1. The molecule has 0 fully saturated rings. The van der Waals surface area contributed by atoms with Crippen LogP contribution in [0.3, 0.4) is 0 Å². The van der Waals surface area contributed by atoms with Crippen molar-refractivity contribution in [1.82, 2.24) is 4.90 Å². The van der Waals surface area contributed by atoms with Crippen molar-refractivity contribution in [3.8, 4) is 0 Å². The predicted octanol–water partition coefficient (Wildman–Crippen LogP) is 3.38. The van der Waals surface area contributed by atoms with Crippen molar-refractivity contribution >= 4 is 36.6 Å². The van der Waals surface area contributed by atoms with Crippen molar-refractivity contribution < 1.29 is 0 Å². The molecule has 0 bridgehead atoms. The van der Waals surface area contributed by atoms with Gasteiger partial charge in [0.05, 0.1) is 0 Å². The quantitative estimate of drug-likeness (QED) is 0.504. The van der Waals surface area contributed by atoms with Gasteiger partial charge in [0.2, 0.25) is 0 Å².